The summed E-state index contributed by atoms with van der Waals surface area (Å²) < 4.78 is 2.18. The predicted octanol–water partition coefficient (Wildman–Crippen LogP) is 7.09. The molecule has 6 nitrogen and oxygen atoms in total. The molecule has 0 N–H and O–H groups in total. The molecule has 0 aliphatic carbocycles. The molecule has 3 heterocycles. The molecule has 2 aromatic heterocycles. The average molecular weight is 667 g/mol. The molecule has 38 heavy (non-hydrogen) atoms. The first-order valence-corrected chi connectivity index (χ1v) is 11.5. The zero-order valence-electron chi connectivity index (χ0n) is 20.0. The van der Waals surface area contributed by atoms with E-state index >= 15 is 0 Å². The van der Waals surface area contributed by atoms with Crippen LogP contribution in [0.3, 0.4) is 0 Å². The third kappa shape index (κ3) is 5.01. The van der Waals surface area contributed by atoms with E-state index in [1.165, 1.54) is 17.2 Å². The van der Waals surface area contributed by atoms with Crippen molar-refractivity contribution in [3.05, 3.63) is 131 Å². The van der Waals surface area contributed by atoms with Crippen LogP contribution in [0.1, 0.15) is 11.1 Å². The standard InChI is InChI=1S/C20H9N4.C11H9N2.Ir/c1-22-18-15(13-21)10-11-17(20(18)23-2)19-16(9-6-12-24-19)14-7-4-3-5-8-14;1-2-4-10-9(3-1)5-7-13-8-6-12-11(10)13;/h3-10,12H;1-3,6,8H,5,7H2;/q2*-1;. The summed E-state index contributed by atoms with van der Waals surface area (Å²) in [6, 6.07) is 29.2. The summed E-state index contributed by atoms with van der Waals surface area (Å²) in [6.45, 7) is 15.8. The summed E-state index contributed by atoms with van der Waals surface area (Å²) >= 11 is 0. The van der Waals surface area contributed by atoms with Gasteiger partial charge in [-0.05, 0) is 34.7 Å². The van der Waals surface area contributed by atoms with Crippen LogP contribution in [0.2, 0.25) is 0 Å². The molecule has 5 aromatic rings. The Hall–Kier alpha value is -4.86. The number of rotatable bonds is 2. The third-order valence-corrected chi connectivity index (χ3v) is 6.05. The van der Waals surface area contributed by atoms with Crippen LogP contribution >= 0.6 is 0 Å². The minimum absolute atomic E-state index is 0. The number of hydrogen-bond donors (Lipinski definition) is 0. The minimum atomic E-state index is 0. The quantitative estimate of drug-likeness (QED) is 0.189. The van der Waals surface area contributed by atoms with E-state index in [4.69, 9.17) is 18.4 Å². The summed E-state index contributed by atoms with van der Waals surface area (Å²) in [5.74, 6) is 1.06. The fourth-order valence-corrected chi connectivity index (χ4v) is 4.32. The summed E-state index contributed by atoms with van der Waals surface area (Å²) in [7, 11) is 0. The zero-order valence-corrected chi connectivity index (χ0v) is 22.4. The number of nitriles is 1. The van der Waals surface area contributed by atoms with Gasteiger partial charge in [-0.25, -0.2) is 15.0 Å². The van der Waals surface area contributed by atoms with E-state index in [0.29, 0.717) is 11.3 Å². The van der Waals surface area contributed by atoms with E-state index in [1.54, 1.807) is 6.20 Å². The molecular formula is C31H18IrN6-2. The molecule has 0 spiro atoms. The van der Waals surface area contributed by atoms with Crippen LogP contribution < -0.4 is 0 Å². The number of pyridine rings is 1. The summed E-state index contributed by atoms with van der Waals surface area (Å²) in [4.78, 5) is 15.6. The Morgan fingerprint density at radius 1 is 0.895 bits per heavy atom. The Morgan fingerprint density at radius 3 is 2.47 bits per heavy atom. The minimum Gasteiger partial charge on any atom is -0.371 e. The number of aromatic nitrogens is 3. The normalized spacial score (nSPS) is 10.7. The van der Waals surface area contributed by atoms with Crippen LogP contribution in [0, 0.1) is 36.6 Å². The number of imidazole rings is 1. The second-order valence-corrected chi connectivity index (χ2v) is 8.14. The first-order chi connectivity index (χ1) is 18.2. The topological polar surface area (TPSA) is 63.2 Å². The van der Waals surface area contributed by atoms with Crippen LogP contribution in [0.25, 0.3) is 43.5 Å². The summed E-state index contributed by atoms with van der Waals surface area (Å²) in [5, 5.41) is 9.13. The molecule has 0 fully saturated rings. The summed E-state index contributed by atoms with van der Waals surface area (Å²) in [6.07, 6.45) is 6.61. The molecule has 0 atom stereocenters. The van der Waals surface area contributed by atoms with Crippen molar-refractivity contribution in [3.63, 3.8) is 0 Å². The van der Waals surface area contributed by atoms with Crippen molar-refractivity contribution >= 4 is 11.4 Å². The van der Waals surface area contributed by atoms with Gasteiger partial charge in [-0.15, -0.1) is 47.5 Å². The molecule has 183 valence electrons. The van der Waals surface area contributed by atoms with Gasteiger partial charge in [0.15, 0.2) is 0 Å². The van der Waals surface area contributed by atoms with Crippen molar-refractivity contribution in [3.8, 4) is 39.8 Å². The van der Waals surface area contributed by atoms with Gasteiger partial charge in [-0.3, -0.25) is 4.98 Å². The molecule has 0 saturated heterocycles. The van der Waals surface area contributed by atoms with E-state index in [1.807, 2.05) is 73.1 Å². The van der Waals surface area contributed by atoms with Gasteiger partial charge in [0.1, 0.15) is 6.57 Å². The number of hydrogen-bond acceptors (Lipinski definition) is 3. The molecule has 0 unspecified atom stereocenters. The van der Waals surface area contributed by atoms with Gasteiger partial charge in [0.25, 0.3) is 0 Å². The van der Waals surface area contributed by atoms with Gasteiger partial charge < -0.3 is 9.55 Å². The van der Waals surface area contributed by atoms with Crippen molar-refractivity contribution < 1.29 is 20.1 Å². The Morgan fingerprint density at radius 2 is 1.71 bits per heavy atom. The molecule has 6 rings (SSSR count). The first kappa shape index (κ1) is 26.2. The van der Waals surface area contributed by atoms with E-state index in [9.17, 15) is 0 Å². The third-order valence-electron chi connectivity index (χ3n) is 6.05. The van der Waals surface area contributed by atoms with Crippen LogP contribution in [0.4, 0.5) is 11.4 Å². The van der Waals surface area contributed by atoms with Crippen LogP contribution in [-0.2, 0) is 33.1 Å². The molecule has 0 bridgehead atoms. The maximum Gasteiger partial charge on any atom is 0.244 e. The van der Waals surface area contributed by atoms with Crippen molar-refractivity contribution in [2.45, 2.75) is 13.0 Å². The number of aryl methyl sites for hydroxylation is 2. The van der Waals surface area contributed by atoms with Gasteiger partial charge in [-0.2, -0.15) is 0 Å². The van der Waals surface area contributed by atoms with Crippen molar-refractivity contribution in [2.75, 3.05) is 0 Å². The Kier molecular flexibility index (Phi) is 8.22. The Balaban J connectivity index is 0.000000201. The van der Waals surface area contributed by atoms with Gasteiger partial charge in [0.05, 0.1) is 12.4 Å². The molecular weight excluding hydrogens is 649 g/mol. The van der Waals surface area contributed by atoms with Gasteiger partial charge in [0, 0.05) is 57.0 Å². The van der Waals surface area contributed by atoms with Crippen LogP contribution in [0.15, 0.2) is 85.3 Å². The van der Waals surface area contributed by atoms with Gasteiger partial charge in [-0.1, -0.05) is 36.4 Å². The fourth-order valence-electron chi connectivity index (χ4n) is 4.32. The van der Waals surface area contributed by atoms with Crippen LogP contribution in [0.5, 0.6) is 0 Å². The van der Waals surface area contributed by atoms with E-state index < -0.39 is 0 Å². The molecule has 0 saturated carbocycles. The second-order valence-electron chi connectivity index (χ2n) is 8.14. The maximum absolute atomic E-state index is 9.13. The van der Waals surface area contributed by atoms with Gasteiger partial charge in [0.2, 0.25) is 11.4 Å². The van der Waals surface area contributed by atoms with E-state index in [2.05, 4.69) is 42.4 Å². The Bertz CT molecular complexity index is 1720. The van der Waals surface area contributed by atoms with E-state index in [0.717, 1.165) is 29.9 Å². The van der Waals surface area contributed by atoms with Gasteiger partial charge >= 0.3 is 0 Å². The molecule has 1 aliphatic rings. The van der Waals surface area contributed by atoms with E-state index in [-0.39, 0.29) is 37.0 Å². The van der Waals surface area contributed by atoms with Crippen molar-refractivity contribution in [2.24, 2.45) is 0 Å². The number of nitrogens with zero attached hydrogens (tertiary/aromatic N) is 6. The van der Waals surface area contributed by atoms with Crippen LogP contribution in [-0.4, -0.2) is 14.5 Å². The first-order valence-electron chi connectivity index (χ1n) is 11.5. The monoisotopic (exact) mass is 667 g/mol. The molecule has 3 aromatic carbocycles. The number of benzene rings is 3. The largest absolute Gasteiger partial charge is 0.371 e. The number of fused-ring (bicyclic) bond motifs is 3. The Labute approximate surface area is 234 Å². The molecule has 7 heteroatoms. The second kappa shape index (κ2) is 11.9. The predicted molar refractivity (Wildman–Crippen MR) is 141 cm³/mol. The summed E-state index contributed by atoms with van der Waals surface area (Å²) in [5.41, 5.74) is 5.65. The molecule has 1 aliphatic heterocycles. The molecule has 0 amide bonds. The van der Waals surface area contributed by atoms with Crippen molar-refractivity contribution in [1.82, 2.24) is 14.5 Å². The smallest absolute Gasteiger partial charge is 0.244 e. The molecule has 1 radical (unpaired) electrons. The average Bonchev–Trinajstić information content (AvgIpc) is 3.47. The van der Waals surface area contributed by atoms with Crippen molar-refractivity contribution in [1.29, 1.82) is 5.26 Å². The maximum atomic E-state index is 9.13. The fraction of sp³-hybridized carbons (Fsp3) is 0.0645. The SMILES string of the molecule is [C-]#[N+]c1c(-c2ncccc2-c2ccccc2)[c-]cc(C#N)c1[N+]#[C-].[Ir].[c-]1cccc2c1-c1nccn1CC2. The zero-order chi connectivity index (χ0) is 25.6.